The van der Waals surface area contributed by atoms with Gasteiger partial charge in [-0.25, -0.2) is 4.98 Å². The lowest BCUT2D eigenvalue weighted by Crippen LogP contribution is -2.38. The van der Waals surface area contributed by atoms with Crippen LogP contribution in [0.1, 0.15) is 42.3 Å². The fraction of sp³-hybridized carbons (Fsp3) is 0.370. The summed E-state index contributed by atoms with van der Waals surface area (Å²) in [7, 11) is 0. The first-order valence-corrected chi connectivity index (χ1v) is 11.8. The van der Waals surface area contributed by atoms with Gasteiger partial charge in [0.2, 0.25) is 5.95 Å². The van der Waals surface area contributed by atoms with E-state index in [1.807, 2.05) is 36.4 Å². The molecule has 0 unspecified atom stereocenters. The highest BCUT2D eigenvalue weighted by molar-refractivity contribution is 6.07. The second-order valence-electron chi connectivity index (χ2n) is 9.86. The van der Waals surface area contributed by atoms with Crippen molar-refractivity contribution in [2.75, 3.05) is 42.6 Å². The highest BCUT2D eigenvalue weighted by Crippen LogP contribution is 2.37. The Morgan fingerprint density at radius 3 is 2.41 bits per heavy atom. The van der Waals surface area contributed by atoms with Crippen LogP contribution in [0.2, 0.25) is 0 Å². The predicted molar refractivity (Wildman–Crippen MR) is 133 cm³/mol. The average Bonchev–Trinajstić information content (AvgIpc) is 3.27. The third-order valence-electron chi connectivity index (χ3n) is 6.47. The topological polar surface area (TPSA) is 78.8 Å². The van der Waals surface area contributed by atoms with Crippen LogP contribution in [0.4, 0.5) is 11.8 Å². The number of carbonyl (C=O) groups excluding carboxylic acids is 1. The molecule has 0 atom stereocenters. The Hall–Kier alpha value is -3.45. The Kier molecular flexibility index (Phi) is 5.73. The number of hydrogen-bond donors (Lipinski definition) is 1. The molecule has 7 nitrogen and oxygen atoms in total. The molecule has 0 bridgehead atoms. The second kappa shape index (κ2) is 8.72. The van der Waals surface area contributed by atoms with Crippen LogP contribution in [0.15, 0.2) is 48.5 Å². The molecule has 176 valence electrons. The van der Waals surface area contributed by atoms with E-state index in [0.717, 1.165) is 16.8 Å². The molecule has 1 saturated heterocycles. The SMILES string of the molecule is CC(C)(C)c1ccc(C(=O)N2CCc3c(-c4cccc(O)c4)nc(N4CCOCC4)nc32)cc1. The van der Waals surface area contributed by atoms with Crippen molar-refractivity contribution in [3.63, 3.8) is 0 Å². The number of benzene rings is 2. The van der Waals surface area contributed by atoms with Gasteiger partial charge in [0.15, 0.2) is 0 Å². The number of phenols is 1. The van der Waals surface area contributed by atoms with Crippen LogP contribution in [0, 0.1) is 0 Å². The Morgan fingerprint density at radius 1 is 1.00 bits per heavy atom. The number of phenolic OH excluding ortho intramolecular Hbond substituents is 1. The van der Waals surface area contributed by atoms with Gasteiger partial charge in [0.25, 0.3) is 5.91 Å². The molecule has 1 amide bonds. The first-order valence-electron chi connectivity index (χ1n) is 11.8. The lowest BCUT2D eigenvalue weighted by molar-refractivity contribution is 0.0988. The Labute approximate surface area is 200 Å². The lowest BCUT2D eigenvalue weighted by atomic mass is 9.86. The first kappa shape index (κ1) is 22.3. The monoisotopic (exact) mass is 458 g/mol. The van der Waals surface area contributed by atoms with Crippen LogP contribution in [0.5, 0.6) is 5.75 Å². The van der Waals surface area contributed by atoms with Crippen LogP contribution >= 0.6 is 0 Å². The third-order valence-corrected chi connectivity index (χ3v) is 6.47. The number of aromatic hydroxyl groups is 1. The van der Waals surface area contributed by atoms with E-state index < -0.39 is 0 Å². The Morgan fingerprint density at radius 2 is 1.74 bits per heavy atom. The van der Waals surface area contributed by atoms with E-state index in [0.29, 0.717) is 56.6 Å². The van der Waals surface area contributed by atoms with Crippen molar-refractivity contribution in [2.24, 2.45) is 0 Å². The zero-order valence-corrected chi connectivity index (χ0v) is 19.9. The highest BCUT2D eigenvalue weighted by atomic mass is 16.5. The van der Waals surface area contributed by atoms with Crippen LogP contribution < -0.4 is 9.80 Å². The highest BCUT2D eigenvalue weighted by Gasteiger charge is 2.32. The minimum atomic E-state index is -0.0623. The minimum Gasteiger partial charge on any atom is -0.508 e. The molecule has 3 heterocycles. The van der Waals surface area contributed by atoms with Gasteiger partial charge >= 0.3 is 0 Å². The molecule has 3 aromatic rings. The summed E-state index contributed by atoms with van der Waals surface area (Å²) in [5.74, 6) is 1.36. The van der Waals surface area contributed by atoms with Gasteiger partial charge in [-0.15, -0.1) is 0 Å². The zero-order chi connectivity index (χ0) is 23.9. The summed E-state index contributed by atoms with van der Waals surface area (Å²) in [5, 5.41) is 10.1. The van der Waals surface area contributed by atoms with Crippen molar-refractivity contribution in [1.29, 1.82) is 0 Å². The molecule has 0 saturated carbocycles. The molecule has 2 aliphatic rings. The lowest BCUT2D eigenvalue weighted by Gasteiger charge is -2.28. The zero-order valence-electron chi connectivity index (χ0n) is 19.9. The van der Waals surface area contributed by atoms with E-state index in [1.54, 1.807) is 17.0 Å². The molecular weight excluding hydrogens is 428 g/mol. The van der Waals surface area contributed by atoms with Crippen molar-refractivity contribution < 1.29 is 14.6 Å². The number of hydrogen-bond acceptors (Lipinski definition) is 6. The number of carbonyl (C=O) groups is 1. The molecule has 1 aromatic heterocycles. The Bertz CT molecular complexity index is 1210. The van der Waals surface area contributed by atoms with E-state index in [1.165, 1.54) is 5.56 Å². The van der Waals surface area contributed by atoms with Gasteiger partial charge in [-0.3, -0.25) is 9.69 Å². The molecule has 0 radical (unpaired) electrons. The number of rotatable bonds is 3. The standard InChI is InChI=1S/C27H30N4O3/c1-27(2,3)20-9-7-18(8-10-20)25(33)31-12-11-22-23(19-5-4-6-21(32)17-19)28-26(29-24(22)31)30-13-15-34-16-14-30/h4-10,17,32H,11-16H2,1-3H3. The quantitative estimate of drug-likeness (QED) is 0.634. The van der Waals surface area contributed by atoms with Gasteiger partial charge in [-0.1, -0.05) is 45.0 Å². The second-order valence-corrected chi connectivity index (χ2v) is 9.86. The van der Waals surface area contributed by atoms with Crippen molar-refractivity contribution in [3.05, 3.63) is 65.2 Å². The summed E-state index contributed by atoms with van der Waals surface area (Å²) in [6, 6.07) is 15.0. The number of anilines is 2. The summed E-state index contributed by atoms with van der Waals surface area (Å²) in [6.07, 6.45) is 0.662. The van der Waals surface area contributed by atoms with E-state index in [2.05, 4.69) is 25.7 Å². The van der Waals surface area contributed by atoms with Crippen molar-refractivity contribution >= 4 is 17.7 Å². The van der Waals surface area contributed by atoms with Gasteiger partial charge in [-0.2, -0.15) is 4.98 Å². The van der Waals surface area contributed by atoms with Crippen LogP contribution in [0.3, 0.4) is 0 Å². The van der Waals surface area contributed by atoms with Gasteiger partial charge in [0.05, 0.1) is 18.9 Å². The molecule has 5 rings (SSSR count). The number of amides is 1. The molecule has 1 N–H and O–H groups in total. The van der Waals surface area contributed by atoms with Gasteiger partial charge in [-0.05, 0) is 41.7 Å². The van der Waals surface area contributed by atoms with E-state index >= 15 is 0 Å². The normalized spacial score (nSPS) is 16.0. The molecule has 1 fully saturated rings. The summed E-state index contributed by atoms with van der Waals surface area (Å²) in [6.45, 7) is 9.65. The van der Waals surface area contributed by atoms with E-state index in [-0.39, 0.29) is 17.1 Å². The molecule has 0 spiro atoms. The van der Waals surface area contributed by atoms with Crippen molar-refractivity contribution in [3.8, 4) is 17.0 Å². The third kappa shape index (κ3) is 4.23. The fourth-order valence-corrected chi connectivity index (χ4v) is 4.51. The fourth-order valence-electron chi connectivity index (χ4n) is 4.51. The van der Waals surface area contributed by atoms with Gasteiger partial charge in [0.1, 0.15) is 11.6 Å². The first-order chi connectivity index (χ1) is 16.3. The molecule has 7 heteroatoms. The molecular formula is C27H30N4O3. The maximum atomic E-state index is 13.6. The smallest absolute Gasteiger partial charge is 0.259 e. The van der Waals surface area contributed by atoms with Gasteiger partial charge < -0.3 is 14.7 Å². The molecule has 2 aromatic carbocycles. The maximum absolute atomic E-state index is 13.6. The number of fused-ring (bicyclic) bond motifs is 1. The van der Waals surface area contributed by atoms with Gasteiger partial charge in [0, 0.05) is 36.3 Å². The molecule has 0 aliphatic carbocycles. The van der Waals surface area contributed by atoms with E-state index in [9.17, 15) is 9.90 Å². The van der Waals surface area contributed by atoms with Crippen molar-refractivity contribution in [1.82, 2.24) is 9.97 Å². The molecule has 2 aliphatic heterocycles. The number of ether oxygens (including phenoxy) is 1. The summed E-state index contributed by atoms with van der Waals surface area (Å²) in [4.78, 5) is 27.2. The number of aromatic nitrogens is 2. The number of morpholine rings is 1. The van der Waals surface area contributed by atoms with Crippen LogP contribution in [-0.4, -0.2) is 53.8 Å². The van der Waals surface area contributed by atoms with Crippen molar-refractivity contribution in [2.45, 2.75) is 32.6 Å². The van der Waals surface area contributed by atoms with Crippen LogP contribution in [0.25, 0.3) is 11.3 Å². The summed E-state index contributed by atoms with van der Waals surface area (Å²) in [5.41, 5.74) is 4.37. The summed E-state index contributed by atoms with van der Waals surface area (Å²) >= 11 is 0. The summed E-state index contributed by atoms with van der Waals surface area (Å²) < 4.78 is 5.50. The number of nitrogens with zero attached hydrogens (tertiary/aromatic N) is 4. The van der Waals surface area contributed by atoms with Crippen LogP contribution in [-0.2, 0) is 16.6 Å². The molecule has 34 heavy (non-hydrogen) atoms. The Balaban J connectivity index is 1.56. The minimum absolute atomic E-state index is 0.0260. The van der Waals surface area contributed by atoms with E-state index in [4.69, 9.17) is 14.7 Å². The maximum Gasteiger partial charge on any atom is 0.259 e. The largest absolute Gasteiger partial charge is 0.508 e. The average molecular weight is 459 g/mol. The predicted octanol–water partition coefficient (Wildman–Crippen LogP) is 4.19.